The SMILES string of the molecule is c1ccc(-c2nc(-c3cccc4sc5ccc(-c6ccc7c(c6)C6(c8ccccc8-c8ccccc86)c6ccccc6-7)cc5c34)nc3ccccc23)cc1. The summed E-state index contributed by atoms with van der Waals surface area (Å²) in [6.45, 7) is 0. The molecule has 0 aliphatic heterocycles. The predicted molar refractivity (Wildman–Crippen MR) is 225 cm³/mol. The summed E-state index contributed by atoms with van der Waals surface area (Å²) < 4.78 is 2.49. The molecule has 0 fully saturated rings. The van der Waals surface area contributed by atoms with Crippen molar-refractivity contribution < 1.29 is 0 Å². The van der Waals surface area contributed by atoms with Gasteiger partial charge in [-0.15, -0.1) is 11.3 Å². The van der Waals surface area contributed by atoms with Gasteiger partial charge in [0.15, 0.2) is 5.82 Å². The Morgan fingerprint density at radius 1 is 0.370 bits per heavy atom. The second-order valence-corrected chi connectivity index (χ2v) is 15.5. The molecular formula is C51H30N2S. The lowest BCUT2D eigenvalue weighted by molar-refractivity contribution is 0.794. The van der Waals surface area contributed by atoms with E-state index in [4.69, 9.17) is 9.97 Å². The highest BCUT2D eigenvalue weighted by Gasteiger charge is 2.51. The van der Waals surface area contributed by atoms with Crippen molar-refractivity contribution in [1.82, 2.24) is 9.97 Å². The van der Waals surface area contributed by atoms with E-state index in [-0.39, 0.29) is 5.41 Å². The molecule has 0 atom stereocenters. The lowest BCUT2D eigenvalue weighted by Gasteiger charge is -2.30. The number of benzene rings is 8. The van der Waals surface area contributed by atoms with Gasteiger partial charge in [0.2, 0.25) is 0 Å². The molecular weight excluding hydrogens is 673 g/mol. The predicted octanol–water partition coefficient (Wildman–Crippen LogP) is 13.3. The molecule has 2 aliphatic carbocycles. The molecule has 1 spiro atoms. The molecule has 3 heteroatoms. The Morgan fingerprint density at radius 3 is 1.70 bits per heavy atom. The standard InChI is InChI=1S/C51H30N2S/c1-2-13-31(14-3-1)49-38-18-7-11-23-45(38)52-50(53-49)39-19-12-24-47-48(39)40-29-32(26-28-46(40)54-47)33-25-27-37-36-17-6-10-22-43(36)51(44(37)30-33)41-20-8-4-15-34(41)35-16-5-9-21-42(35)51/h1-30H. The summed E-state index contributed by atoms with van der Waals surface area (Å²) in [5.41, 5.74) is 16.8. The second kappa shape index (κ2) is 11.2. The highest BCUT2D eigenvalue weighted by Crippen LogP contribution is 2.63. The molecule has 0 amide bonds. The smallest absolute Gasteiger partial charge is 0.161 e. The van der Waals surface area contributed by atoms with Crippen LogP contribution in [0, 0.1) is 0 Å². The van der Waals surface area contributed by atoms with Crippen LogP contribution in [0.3, 0.4) is 0 Å². The maximum Gasteiger partial charge on any atom is 0.161 e. The second-order valence-electron chi connectivity index (χ2n) is 14.4. The molecule has 0 saturated carbocycles. The van der Waals surface area contributed by atoms with Gasteiger partial charge in [-0.2, -0.15) is 0 Å². The van der Waals surface area contributed by atoms with Crippen LogP contribution in [-0.2, 0) is 5.41 Å². The molecule has 12 rings (SSSR count). The van der Waals surface area contributed by atoms with E-state index >= 15 is 0 Å². The van der Waals surface area contributed by atoms with Crippen molar-refractivity contribution in [3.8, 4) is 56.0 Å². The average molecular weight is 703 g/mol. The summed E-state index contributed by atoms with van der Waals surface area (Å²) in [6.07, 6.45) is 0. The summed E-state index contributed by atoms with van der Waals surface area (Å²) in [7, 11) is 0. The topological polar surface area (TPSA) is 25.8 Å². The molecule has 0 unspecified atom stereocenters. The Morgan fingerprint density at radius 2 is 0.963 bits per heavy atom. The van der Waals surface area contributed by atoms with Crippen LogP contribution in [0.2, 0.25) is 0 Å². The molecule has 0 saturated heterocycles. The van der Waals surface area contributed by atoms with Crippen molar-refractivity contribution in [2.75, 3.05) is 0 Å². The lowest BCUT2D eigenvalue weighted by Crippen LogP contribution is -2.25. The van der Waals surface area contributed by atoms with Crippen molar-refractivity contribution in [2.45, 2.75) is 5.41 Å². The maximum absolute atomic E-state index is 5.29. The summed E-state index contributed by atoms with van der Waals surface area (Å²) in [4.78, 5) is 10.5. The van der Waals surface area contributed by atoms with Gasteiger partial charge < -0.3 is 0 Å². The number of para-hydroxylation sites is 1. The fourth-order valence-electron chi connectivity index (χ4n) is 9.48. The van der Waals surface area contributed by atoms with E-state index in [0.29, 0.717) is 0 Å². The third kappa shape index (κ3) is 3.99. The van der Waals surface area contributed by atoms with Gasteiger partial charge in [-0.25, -0.2) is 9.97 Å². The van der Waals surface area contributed by atoms with E-state index in [1.165, 1.54) is 75.8 Å². The van der Waals surface area contributed by atoms with E-state index in [1.807, 2.05) is 11.3 Å². The maximum atomic E-state index is 5.29. The first-order valence-electron chi connectivity index (χ1n) is 18.5. The van der Waals surface area contributed by atoms with Gasteiger partial charge in [0, 0.05) is 36.7 Å². The van der Waals surface area contributed by atoms with Crippen molar-refractivity contribution >= 4 is 42.4 Å². The van der Waals surface area contributed by atoms with E-state index in [1.54, 1.807) is 0 Å². The normalized spacial score (nSPS) is 13.3. The molecule has 10 aromatic rings. The minimum atomic E-state index is -0.370. The fourth-order valence-corrected chi connectivity index (χ4v) is 10.6. The molecule has 2 aromatic heterocycles. The van der Waals surface area contributed by atoms with Gasteiger partial charge in [-0.05, 0) is 86.0 Å². The van der Waals surface area contributed by atoms with E-state index < -0.39 is 0 Å². The summed E-state index contributed by atoms with van der Waals surface area (Å²) in [6, 6.07) is 66.5. The molecule has 2 nitrogen and oxygen atoms in total. The molecule has 2 aliphatic rings. The van der Waals surface area contributed by atoms with Gasteiger partial charge in [0.25, 0.3) is 0 Å². The minimum Gasteiger partial charge on any atom is -0.228 e. The van der Waals surface area contributed by atoms with Gasteiger partial charge in [-0.3, -0.25) is 0 Å². The molecule has 2 heterocycles. The highest BCUT2D eigenvalue weighted by molar-refractivity contribution is 7.26. The zero-order chi connectivity index (χ0) is 35.4. The van der Waals surface area contributed by atoms with Crippen LogP contribution < -0.4 is 0 Å². The molecule has 54 heavy (non-hydrogen) atoms. The van der Waals surface area contributed by atoms with Crippen LogP contribution in [0.5, 0.6) is 0 Å². The first-order chi connectivity index (χ1) is 26.8. The van der Waals surface area contributed by atoms with Crippen molar-refractivity contribution in [3.05, 3.63) is 204 Å². The van der Waals surface area contributed by atoms with Crippen LogP contribution in [0.4, 0.5) is 0 Å². The minimum absolute atomic E-state index is 0.370. The van der Waals surface area contributed by atoms with Crippen LogP contribution in [0.15, 0.2) is 182 Å². The Balaban J connectivity index is 1.07. The number of hydrogen-bond donors (Lipinski definition) is 0. The highest BCUT2D eigenvalue weighted by atomic mass is 32.1. The van der Waals surface area contributed by atoms with Gasteiger partial charge >= 0.3 is 0 Å². The Bertz CT molecular complexity index is 3110. The third-order valence-electron chi connectivity index (χ3n) is 11.7. The molecule has 0 bridgehead atoms. The Labute approximate surface area is 316 Å². The molecule has 0 N–H and O–H groups in total. The zero-order valence-corrected chi connectivity index (χ0v) is 29.9. The lowest BCUT2D eigenvalue weighted by atomic mass is 9.70. The number of aromatic nitrogens is 2. The van der Waals surface area contributed by atoms with Crippen molar-refractivity contribution in [3.63, 3.8) is 0 Å². The summed E-state index contributed by atoms with van der Waals surface area (Å²) in [5, 5.41) is 3.50. The first kappa shape index (κ1) is 29.9. The van der Waals surface area contributed by atoms with E-state index in [9.17, 15) is 0 Å². The third-order valence-corrected chi connectivity index (χ3v) is 12.9. The van der Waals surface area contributed by atoms with Crippen LogP contribution in [0.25, 0.3) is 87.1 Å². The zero-order valence-electron chi connectivity index (χ0n) is 29.1. The molecule has 250 valence electrons. The van der Waals surface area contributed by atoms with Gasteiger partial charge in [-0.1, -0.05) is 152 Å². The number of rotatable bonds is 3. The monoisotopic (exact) mass is 702 g/mol. The number of thiophene rings is 1. The van der Waals surface area contributed by atoms with Gasteiger partial charge in [0.05, 0.1) is 16.6 Å². The number of nitrogens with zero attached hydrogens (tertiary/aromatic N) is 2. The summed E-state index contributed by atoms with van der Waals surface area (Å²) in [5.74, 6) is 0.749. The number of hydrogen-bond acceptors (Lipinski definition) is 3. The van der Waals surface area contributed by atoms with Crippen LogP contribution >= 0.6 is 11.3 Å². The van der Waals surface area contributed by atoms with Crippen molar-refractivity contribution in [2.24, 2.45) is 0 Å². The average Bonchev–Trinajstić information content (AvgIpc) is 3.87. The Kier molecular flexibility index (Phi) is 6.17. The van der Waals surface area contributed by atoms with Crippen LogP contribution in [0.1, 0.15) is 22.3 Å². The first-order valence-corrected chi connectivity index (χ1v) is 19.3. The van der Waals surface area contributed by atoms with Crippen LogP contribution in [-0.4, -0.2) is 9.97 Å². The van der Waals surface area contributed by atoms with E-state index in [2.05, 4.69) is 182 Å². The quantitative estimate of drug-likeness (QED) is 0.183. The largest absolute Gasteiger partial charge is 0.228 e. The van der Waals surface area contributed by atoms with E-state index in [0.717, 1.165) is 33.5 Å². The molecule has 8 aromatic carbocycles. The Hall–Kier alpha value is -6.68. The van der Waals surface area contributed by atoms with Crippen molar-refractivity contribution in [1.29, 1.82) is 0 Å². The van der Waals surface area contributed by atoms with Gasteiger partial charge in [0.1, 0.15) is 0 Å². The number of fused-ring (bicyclic) bond motifs is 14. The molecule has 0 radical (unpaired) electrons. The fraction of sp³-hybridized carbons (Fsp3) is 0.0196. The summed E-state index contributed by atoms with van der Waals surface area (Å²) >= 11 is 1.83.